The van der Waals surface area contributed by atoms with E-state index in [0.29, 0.717) is 26.2 Å². The fourth-order valence-electron chi connectivity index (χ4n) is 3.97. The molecule has 144 valence electrons. The number of amides is 2. The summed E-state index contributed by atoms with van der Waals surface area (Å²) in [6, 6.07) is 8.13. The summed E-state index contributed by atoms with van der Waals surface area (Å²) in [7, 11) is 0. The first kappa shape index (κ1) is 18.5. The molecule has 4 rings (SSSR count). The van der Waals surface area contributed by atoms with Crippen molar-refractivity contribution in [2.24, 2.45) is 0 Å². The third-order valence-corrected chi connectivity index (χ3v) is 6.07. The molecule has 0 unspecified atom stereocenters. The van der Waals surface area contributed by atoms with E-state index < -0.39 is 0 Å². The van der Waals surface area contributed by atoms with Crippen LogP contribution in [0.4, 0.5) is 0 Å². The minimum atomic E-state index is 0.140. The van der Waals surface area contributed by atoms with Gasteiger partial charge in [0.25, 0.3) is 0 Å². The van der Waals surface area contributed by atoms with Crippen LogP contribution in [0.3, 0.4) is 0 Å². The van der Waals surface area contributed by atoms with Gasteiger partial charge in [-0.1, -0.05) is 15.9 Å². The number of hydrogen-bond acceptors (Lipinski definition) is 3. The highest BCUT2D eigenvalue weighted by Gasteiger charge is 2.25. The van der Waals surface area contributed by atoms with Gasteiger partial charge in [0, 0.05) is 60.8 Å². The van der Waals surface area contributed by atoms with Crippen molar-refractivity contribution in [2.75, 3.05) is 45.8 Å². The van der Waals surface area contributed by atoms with Gasteiger partial charge in [0.2, 0.25) is 11.8 Å². The number of piperazine rings is 1. The summed E-state index contributed by atoms with van der Waals surface area (Å²) < 4.78 is 3.05. The summed E-state index contributed by atoms with van der Waals surface area (Å²) in [6.07, 6.45) is 4.22. The van der Waals surface area contributed by atoms with Gasteiger partial charge in [-0.15, -0.1) is 0 Å². The molecule has 2 fully saturated rings. The van der Waals surface area contributed by atoms with Gasteiger partial charge in [-0.3, -0.25) is 14.5 Å². The maximum atomic E-state index is 12.7. The number of likely N-dealkylation sites (tertiary alicyclic amines) is 1. The van der Waals surface area contributed by atoms with Gasteiger partial charge in [-0.2, -0.15) is 0 Å². The van der Waals surface area contributed by atoms with Crippen LogP contribution in [0, 0.1) is 0 Å². The Morgan fingerprint density at radius 3 is 2.26 bits per heavy atom. The van der Waals surface area contributed by atoms with E-state index in [1.54, 1.807) is 0 Å². The van der Waals surface area contributed by atoms with Crippen molar-refractivity contribution in [1.82, 2.24) is 19.3 Å². The Morgan fingerprint density at radius 1 is 0.852 bits per heavy atom. The Kier molecular flexibility index (Phi) is 5.50. The Labute approximate surface area is 167 Å². The lowest BCUT2D eigenvalue weighted by Crippen LogP contribution is -2.51. The fraction of sp³-hybridized carbons (Fsp3) is 0.500. The summed E-state index contributed by atoms with van der Waals surface area (Å²) in [5, 5.41) is 1.13. The lowest BCUT2D eigenvalue weighted by atomic mass is 10.2. The van der Waals surface area contributed by atoms with Crippen LogP contribution >= 0.6 is 15.9 Å². The zero-order valence-corrected chi connectivity index (χ0v) is 17.0. The first-order chi connectivity index (χ1) is 13.1. The van der Waals surface area contributed by atoms with E-state index in [1.807, 2.05) is 38.8 Å². The van der Waals surface area contributed by atoms with Crippen molar-refractivity contribution in [1.29, 1.82) is 0 Å². The van der Waals surface area contributed by atoms with Gasteiger partial charge in [-0.25, -0.2) is 0 Å². The molecule has 27 heavy (non-hydrogen) atoms. The van der Waals surface area contributed by atoms with Crippen molar-refractivity contribution < 1.29 is 9.59 Å². The number of hydrogen-bond donors (Lipinski definition) is 0. The lowest BCUT2D eigenvalue weighted by molar-refractivity contribution is -0.135. The number of benzene rings is 1. The van der Waals surface area contributed by atoms with E-state index >= 15 is 0 Å². The predicted molar refractivity (Wildman–Crippen MR) is 108 cm³/mol. The van der Waals surface area contributed by atoms with Gasteiger partial charge in [0.05, 0.1) is 6.54 Å². The molecule has 0 saturated carbocycles. The van der Waals surface area contributed by atoms with Crippen molar-refractivity contribution in [3.63, 3.8) is 0 Å². The van der Waals surface area contributed by atoms with Crippen LogP contribution in [0.2, 0.25) is 0 Å². The molecule has 6 nitrogen and oxygen atoms in total. The van der Waals surface area contributed by atoms with E-state index in [2.05, 4.69) is 26.9 Å². The number of aromatic nitrogens is 1. The summed E-state index contributed by atoms with van der Waals surface area (Å²) in [6.45, 7) is 5.57. The van der Waals surface area contributed by atoms with Gasteiger partial charge >= 0.3 is 0 Å². The van der Waals surface area contributed by atoms with E-state index in [-0.39, 0.29) is 11.8 Å². The predicted octanol–water partition coefficient (Wildman–Crippen LogP) is 2.17. The van der Waals surface area contributed by atoms with Crippen molar-refractivity contribution in [2.45, 2.75) is 19.4 Å². The Morgan fingerprint density at radius 2 is 1.52 bits per heavy atom. The van der Waals surface area contributed by atoms with Crippen LogP contribution in [0.25, 0.3) is 10.9 Å². The Balaban J connectivity index is 1.30. The molecule has 0 spiro atoms. The van der Waals surface area contributed by atoms with Crippen molar-refractivity contribution in [3.8, 4) is 0 Å². The topological polar surface area (TPSA) is 48.8 Å². The Bertz CT molecular complexity index is 836. The molecule has 2 amide bonds. The van der Waals surface area contributed by atoms with Gasteiger partial charge < -0.3 is 14.4 Å². The monoisotopic (exact) mass is 432 g/mol. The molecule has 0 aliphatic carbocycles. The number of carbonyl (C=O) groups is 2. The molecule has 1 aromatic carbocycles. The average molecular weight is 433 g/mol. The molecule has 3 heterocycles. The molecule has 0 bridgehead atoms. The highest BCUT2D eigenvalue weighted by molar-refractivity contribution is 9.10. The van der Waals surface area contributed by atoms with E-state index in [0.717, 1.165) is 54.4 Å². The maximum Gasteiger partial charge on any atom is 0.242 e. The lowest BCUT2D eigenvalue weighted by Gasteiger charge is -2.35. The molecule has 0 N–H and O–H groups in total. The van der Waals surface area contributed by atoms with Gasteiger partial charge in [-0.05, 0) is 37.1 Å². The molecule has 2 aliphatic heterocycles. The third-order valence-electron chi connectivity index (χ3n) is 5.58. The number of fused-ring (bicyclic) bond motifs is 1. The zero-order chi connectivity index (χ0) is 18.8. The minimum Gasteiger partial charge on any atom is -0.342 e. The first-order valence-electron chi connectivity index (χ1n) is 9.62. The highest BCUT2D eigenvalue weighted by atomic mass is 79.9. The van der Waals surface area contributed by atoms with Crippen molar-refractivity contribution in [3.05, 3.63) is 34.9 Å². The molecular formula is C20H25BrN4O2. The summed E-state index contributed by atoms with van der Waals surface area (Å²) >= 11 is 3.48. The zero-order valence-electron chi connectivity index (χ0n) is 15.4. The number of halogens is 1. The van der Waals surface area contributed by atoms with E-state index in [1.165, 1.54) is 0 Å². The largest absolute Gasteiger partial charge is 0.342 e. The van der Waals surface area contributed by atoms with Gasteiger partial charge in [0.15, 0.2) is 0 Å². The summed E-state index contributed by atoms with van der Waals surface area (Å²) in [5.41, 5.74) is 1.07. The quantitative estimate of drug-likeness (QED) is 0.743. The second-order valence-electron chi connectivity index (χ2n) is 7.39. The summed E-state index contributed by atoms with van der Waals surface area (Å²) in [5.74, 6) is 0.373. The minimum absolute atomic E-state index is 0.140. The molecule has 7 heteroatoms. The number of rotatable bonds is 4. The van der Waals surface area contributed by atoms with Crippen LogP contribution < -0.4 is 0 Å². The van der Waals surface area contributed by atoms with Crippen LogP contribution in [0.5, 0.6) is 0 Å². The smallest absolute Gasteiger partial charge is 0.242 e. The fourth-order valence-corrected chi connectivity index (χ4v) is 4.35. The first-order valence-corrected chi connectivity index (χ1v) is 10.4. The van der Waals surface area contributed by atoms with E-state index in [4.69, 9.17) is 0 Å². The molecule has 2 aliphatic rings. The molecule has 0 atom stereocenters. The van der Waals surface area contributed by atoms with Crippen molar-refractivity contribution >= 4 is 38.6 Å². The van der Waals surface area contributed by atoms with Crippen LogP contribution in [-0.4, -0.2) is 76.9 Å². The van der Waals surface area contributed by atoms with Gasteiger partial charge in [0.1, 0.15) is 6.54 Å². The molecular weight excluding hydrogens is 408 g/mol. The molecule has 2 saturated heterocycles. The highest BCUT2D eigenvalue weighted by Crippen LogP contribution is 2.21. The average Bonchev–Trinajstić information content (AvgIpc) is 3.32. The normalized spacial score (nSPS) is 18.4. The molecule has 0 radical (unpaired) electrons. The number of carbonyl (C=O) groups excluding carboxylic acids is 2. The third kappa shape index (κ3) is 4.19. The van der Waals surface area contributed by atoms with E-state index in [9.17, 15) is 9.59 Å². The summed E-state index contributed by atoms with van der Waals surface area (Å²) in [4.78, 5) is 31.1. The standard InChI is InChI=1S/C20H25BrN4O2/c21-17-3-4-18-16(13-17)5-8-25(18)15-20(27)24-11-9-22(10-12-24)14-19(26)23-6-1-2-7-23/h3-5,8,13H,1-2,6-7,9-12,14-15H2. The number of nitrogens with zero attached hydrogens (tertiary/aromatic N) is 4. The molecule has 2 aromatic rings. The molecule has 1 aromatic heterocycles. The second-order valence-corrected chi connectivity index (χ2v) is 8.31. The van der Waals surface area contributed by atoms with Crippen LogP contribution in [-0.2, 0) is 16.1 Å². The second kappa shape index (κ2) is 8.02. The maximum absolute atomic E-state index is 12.7. The van der Waals surface area contributed by atoms with Crippen LogP contribution in [0.1, 0.15) is 12.8 Å². The Hall–Kier alpha value is -1.86. The SMILES string of the molecule is O=C(CN1CCN(C(=O)Cn2ccc3cc(Br)ccc32)CC1)N1CCCC1. The van der Waals surface area contributed by atoms with Crippen LogP contribution in [0.15, 0.2) is 34.9 Å².